The van der Waals surface area contributed by atoms with Gasteiger partial charge in [-0.25, -0.2) is 4.79 Å². The van der Waals surface area contributed by atoms with Crippen LogP contribution in [0.4, 0.5) is 11.5 Å². The van der Waals surface area contributed by atoms with E-state index in [9.17, 15) is 14.4 Å². The van der Waals surface area contributed by atoms with Crippen molar-refractivity contribution in [1.82, 2.24) is 9.55 Å². The molecule has 3 N–H and O–H groups in total. The highest BCUT2D eigenvalue weighted by molar-refractivity contribution is 5.77. The van der Waals surface area contributed by atoms with Crippen LogP contribution in [-0.2, 0) is 11.8 Å². The number of hydrogen-bond acceptors (Lipinski definition) is 4. The molecule has 0 aliphatic rings. The molecule has 1 heterocycles. The Kier molecular flexibility index (Phi) is 2.70. The maximum atomic E-state index is 11.4. The first-order valence-electron chi connectivity index (χ1n) is 3.83. The van der Waals surface area contributed by atoms with Crippen molar-refractivity contribution in [2.75, 3.05) is 17.7 Å². The molecule has 1 aromatic rings. The van der Waals surface area contributed by atoms with E-state index in [-0.39, 0.29) is 11.5 Å². The van der Waals surface area contributed by atoms with Crippen molar-refractivity contribution >= 4 is 17.9 Å². The van der Waals surface area contributed by atoms with Gasteiger partial charge in [0, 0.05) is 14.1 Å². The zero-order valence-corrected chi connectivity index (χ0v) is 7.75. The number of aromatic amines is 1. The fourth-order valence-electron chi connectivity index (χ4n) is 1.00. The van der Waals surface area contributed by atoms with Crippen LogP contribution < -0.4 is 21.9 Å². The quantitative estimate of drug-likeness (QED) is 0.525. The first kappa shape index (κ1) is 10.0. The molecule has 14 heavy (non-hydrogen) atoms. The van der Waals surface area contributed by atoms with Gasteiger partial charge >= 0.3 is 5.69 Å². The Morgan fingerprint density at radius 3 is 2.57 bits per heavy atom. The van der Waals surface area contributed by atoms with Crippen LogP contribution >= 0.6 is 0 Å². The van der Waals surface area contributed by atoms with Gasteiger partial charge in [0.25, 0.3) is 5.56 Å². The molecule has 1 rings (SSSR count). The maximum absolute atomic E-state index is 11.4. The predicted octanol–water partition coefficient (Wildman–Crippen LogP) is -1.32. The molecular weight excluding hydrogens is 188 g/mol. The minimum absolute atomic E-state index is 0.0181. The molecule has 0 saturated carbocycles. The van der Waals surface area contributed by atoms with Crippen molar-refractivity contribution < 1.29 is 4.79 Å². The average molecular weight is 198 g/mol. The van der Waals surface area contributed by atoms with Crippen LogP contribution in [0.15, 0.2) is 9.59 Å². The van der Waals surface area contributed by atoms with E-state index in [0.717, 1.165) is 4.57 Å². The number of rotatable bonds is 3. The van der Waals surface area contributed by atoms with Crippen molar-refractivity contribution in [3.63, 3.8) is 0 Å². The number of aromatic nitrogens is 2. The van der Waals surface area contributed by atoms with Gasteiger partial charge in [0.2, 0.25) is 6.41 Å². The lowest BCUT2D eigenvalue weighted by Crippen LogP contribution is -2.35. The highest BCUT2D eigenvalue weighted by atomic mass is 16.2. The summed E-state index contributed by atoms with van der Waals surface area (Å²) in [6.45, 7) is 0. The second kappa shape index (κ2) is 3.77. The first-order valence-corrected chi connectivity index (χ1v) is 3.83. The molecule has 0 bridgehead atoms. The number of anilines is 2. The normalized spacial score (nSPS) is 9.57. The van der Waals surface area contributed by atoms with Gasteiger partial charge in [-0.1, -0.05) is 0 Å². The van der Waals surface area contributed by atoms with E-state index in [1.807, 2.05) is 0 Å². The average Bonchev–Trinajstić information content (AvgIpc) is 2.19. The molecule has 0 aromatic carbocycles. The molecule has 0 fully saturated rings. The van der Waals surface area contributed by atoms with E-state index >= 15 is 0 Å². The molecule has 76 valence electrons. The lowest BCUT2D eigenvalue weighted by atomic mass is 10.4. The molecule has 0 unspecified atom stereocenters. The summed E-state index contributed by atoms with van der Waals surface area (Å²) in [5.74, 6) is 0.185. The maximum Gasteiger partial charge on any atom is 0.329 e. The molecular formula is C7H10N4O3. The Bertz CT molecular complexity index is 459. The van der Waals surface area contributed by atoms with Gasteiger partial charge in [-0.3, -0.25) is 19.1 Å². The van der Waals surface area contributed by atoms with Crippen molar-refractivity contribution in [3.05, 3.63) is 20.8 Å². The molecule has 1 amide bonds. The van der Waals surface area contributed by atoms with Gasteiger partial charge in [0.15, 0.2) is 0 Å². The molecule has 7 nitrogen and oxygen atoms in total. The van der Waals surface area contributed by atoms with Gasteiger partial charge in [0.1, 0.15) is 11.5 Å². The minimum atomic E-state index is -0.565. The van der Waals surface area contributed by atoms with E-state index in [0.29, 0.717) is 6.41 Å². The van der Waals surface area contributed by atoms with Crippen molar-refractivity contribution in [2.24, 2.45) is 7.05 Å². The van der Waals surface area contributed by atoms with Crippen LogP contribution in [0.25, 0.3) is 0 Å². The van der Waals surface area contributed by atoms with E-state index in [2.05, 4.69) is 15.6 Å². The van der Waals surface area contributed by atoms with Crippen LogP contribution in [-0.4, -0.2) is 23.0 Å². The number of nitrogens with zero attached hydrogens (tertiary/aromatic N) is 1. The third-order valence-corrected chi connectivity index (χ3v) is 1.76. The zero-order chi connectivity index (χ0) is 10.7. The molecule has 0 spiro atoms. The van der Waals surface area contributed by atoms with E-state index in [1.165, 1.54) is 14.1 Å². The summed E-state index contributed by atoms with van der Waals surface area (Å²) in [6, 6.07) is 0. The van der Waals surface area contributed by atoms with Gasteiger partial charge in [-0.15, -0.1) is 0 Å². The fraction of sp³-hybridized carbons (Fsp3) is 0.286. The number of carbonyl (C=O) groups excluding carboxylic acids is 1. The third kappa shape index (κ3) is 1.51. The second-order valence-corrected chi connectivity index (χ2v) is 2.56. The number of amides is 1. The van der Waals surface area contributed by atoms with Crippen LogP contribution in [0.3, 0.4) is 0 Å². The number of H-pyrrole nitrogens is 1. The molecule has 0 aliphatic carbocycles. The molecule has 0 saturated heterocycles. The van der Waals surface area contributed by atoms with Crippen molar-refractivity contribution in [3.8, 4) is 0 Å². The van der Waals surface area contributed by atoms with Crippen LogP contribution in [0.2, 0.25) is 0 Å². The van der Waals surface area contributed by atoms with Gasteiger partial charge in [0.05, 0.1) is 0 Å². The Morgan fingerprint density at radius 2 is 2.07 bits per heavy atom. The zero-order valence-electron chi connectivity index (χ0n) is 7.75. The third-order valence-electron chi connectivity index (χ3n) is 1.76. The van der Waals surface area contributed by atoms with E-state index in [4.69, 9.17) is 0 Å². The van der Waals surface area contributed by atoms with Gasteiger partial charge < -0.3 is 10.6 Å². The molecule has 0 atom stereocenters. The van der Waals surface area contributed by atoms with Crippen LogP contribution in [0.5, 0.6) is 0 Å². The number of carbonyl (C=O) groups is 1. The predicted molar refractivity (Wildman–Crippen MR) is 51.5 cm³/mol. The Labute approximate surface area is 78.8 Å². The molecule has 1 aromatic heterocycles. The SMILES string of the molecule is CNc1[nH]c(=O)n(C)c(=O)c1NC=O. The van der Waals surface area contributed by atoms with E-state index in [1.54, 1.807) is 0 Å². The standard InChI is InChI=1S/C7H10N4O3/c1-8-5-4(9-3-12)6(13)11(2)7(14)10-5/h3,8H,1-2H3,(H,9,12)(H,10,14). The summed E-state index contributed by atoms with van der Waals surface area (Å²) in [5, 5.41) is 4.82. The summed E-state index contributed by atoms with van der Waals surface area (Å²) in [7, 11) is 2.84. The van der Waals surface area contributed by atoms with Crippen molar-refractivity contribution in [1.29, 1.82) is 0 Å². The summed E-state index contributed by atoms with van der Waals surface area (Å²) >= 11 is 0. The highest BCUT2D eigenvalue weighted by Crippen LogP contribution is 2.08. The summed E-state index contributed by atoms with van der Waals surface area (Å²) in [4.78, 5) is 35.2. The first-order chi connectivity index (χ1) is 6.61. The second-order valence-electron chi connectivity index (χ2n) is 2.56. The van der Waals surface area contributed by atoms with Gasteiger partial charge in [-0.2, -0.15) is 0 Å². The van der Waals surface area contributed by atoms with Crippen LogP contribution in [0, 0.1) is 0 Å². The minimum Gasteiger partial charge on any atom is -0.373 e. The Morgan fingerprint density at radius 1 is 1.43 bits per heavy atom. The van der Waals surface area contributed by atoms with Gasteiger partial charge in [-0.05, 0) is 0 Å². The van der Waals surface area contributed by atoms with E-state index < -0.39 is 11.2 Å². The molecule has 0 radical (unpaired) electrons. The highest BCUT2D eigenvalue weighted by Gasteiger charge is 2.09. The lowest BCUT2D eigenvalue weighted by molar-refractivity contribution is -0.105. The summed E-state index contributed by atoms with van der Waals surface area (Å²) < 4.78 is 0.868. The van der Waals surface area contributed by atoms with Crippen LogP contribution in [0.1, 0.15) is 0 Å². The molecule has 7 heteroatoms. The van der Waals surface area contributed by atoms with Crippen molar-refractivity contribution in [2.45, 2.75) is 0 Å². The number of nitrogens with one attached hydrogen (secondary N) is 3. The lowest BCUT2D eigenvalue weighted by Gasteiger charge is -2.07. The Hall–Kier alpha value is -2.05. The largest absolute Gasteiger partial charge is 0.373 e. The summed E-state index contributed by atoms with van der Waals surface area (Å²) in [5.41, 5.74) is -1.09. The topological polar surface area (TPSA) is 96.0 Å². The molecule has 0 aliphatic heterocycles. The summed E-state index contributed by atoms with van der Waals surface area (Å²) in [6.07, 6.45) is 0.371. The fourth-order valence-corrected chi connectivity index (χ4v) is 1.00. The monoisotopic (exact) mass is 198 g/mol. The Balaban J connectivity index is 3.52. The number of hydrogen-bond donors (Lipinski definition) is 3. The smallest absolute Gasteiger partial charge is 0.329 e.